The van der Waals surface area contributed by atoms with E-state index in [0.29, 0.717) is 5.69 Å². The Morgan fingerprint density at radius 1 is 1.14 bits per heavy atom. The summed E-state index contributed by atoms with van der Waals surface area (Å²) in [4.78, 5) is 22.5. The van der Waals surface area contributed by atoms with E-state index >= 15 is 0 Å². The van der Waals surface area contributed by atoms with Crippen molar-refractivity contribution in [3.63, 3.8) is 0 Å². The Morgan fingerprint density at radius 2 is 1.76 bits per heavy atom. The third-order valence-electron chi connectivity index (χ3n) is 3.11. The minimum absolute atomic E-state index is 0.0531. The molecule has 0 aliphatic rings. The van der Waals surface area contributed by atoms with Crippen molar-refractivity contribution in [3.05, 3.63) is 38.3 Å². The number of phenolic OH excluding ortho intramolecular Hbond substituents is 2. The summed E-state index contributed by atoms with van der Waals surface area (Å²) in [5, 5.41) is 35.8. The SMILES string of the molecule is CC(C)(C)c1[nH][nH]c(=O)c1-c1c([N+](=O)[O-])ccc(O)c1O. The van der Waals surface area contributed by atoms with Gasteiger partial charge in [-0.05, 0) is 6.07 Å². The van der Waals surface area contributed by atoms with E-state index in [2.05, 4.69) is 10.2 Å². The molecule has 8 heteroatoms. The second-order valence-electron chi connectivity index (χ2n) is 5.66. The molecule has 0 amide bonds. The van der Waals surface area contributed by atoms with Crippen molar-refractivity contribution in [1.29, 1.82) is 0 Å². The molecule has 8 nitrogen and oxygen atoms in total. The molecule has 0 saturated carbocycles. The minimum atomic E-state index is -0.715. The molecule has 0 spiro atoms. The first-order chi connectivity index (χ1) is 9.64. The zero-order valence-corrected chi connectivity index (χ0v) is 11.7. The molecule has 0 bridgehead atoms. The molecule has 0 atom stereocenters. The van der Waals surface area contributed by atoms with E-state index in [-0.39, 0.29) is 11.1 Å². The van der Waals surface area contributed by atoms with Crippen molar-refractivity contribution >= 4 is 5.69 Å². The fraction of sp³-hybridized carbons (Fsp3) is 0.308. The lowest BCUT2D eigenvalue weighted by atomic mass is 9.86. The van der Waals surface area contributed by atoms with Gasteiger partial charge in [0.2, 0.25) is 0 Å². The monoisotopic (exact) mass is 293 g/mol. The second-order valence-corrected chi connectivity index (χ2v) is 5.66. The summed E-state index contributed by atoms with van der Waals surface area (Å²) in [5.41, 5.74) is -1.54. The molecule has 0 fully saturated rings. The van der Waals surface area contributed by atoms with E-state index < -0.39 is 33.1 Å². The van der Waals surface area contributed by atoms with Crippen LogP contribution in [-0.2, 0) is 5.41 Å². The molecule has 1 heterocycles. The number of benzene rings is 1. The zero-order valence-electron chi connectivity index (χ0n) is 11.7. The highest BCUT2D eigenvalue weighted by Gasteiger charge is 2.31. The number of aromatic amines is 2. The predicted molar refractivity (Wildman–Crippen MR) is 75.5 cm³/mol. The van der Waals surface area contributed by atoms with Gasteiger partial charge >= 0.3 is 0 Å². The lowest BCUT2D eigenvalue weighted by Crippen LogP contribution is -2.15. The number of phenols is 2. The van der Waals surface area contributed by atoms with Crippen LogP contribution in [0.5, 0.6) is 11.5 Å². The Labute approximate surface area is 119 Å². The van der Waals surface area contributed by atoms with Gasteiger partial charge in [-0.1, -0.05) is 20.8 Å². The van der Waals surface area contributed by atoms with Gasteiger partial charge < -0.3 is 15.3 Å². The van der Waals surface area contributed by atoms with Gasteiger partial charge in [-0.2, -0.15) is 0 Å². The third kappa shape index (κ3) is 2.35. The van der Waals surface area contributed by atoms with Crippen LogP contribution >= 0.6 is 0 Å². The molecule has 112 valence electrons. The highest BCUT2D eigenvalue weighted by Crippen LogP contribution is 2.44. The summed E-state index contributed by atoms with van der Waals surface area (Å²) >= 11 is 0. The summed E-state index contributed by atoms with van der Waals surface area (Å²) in [6, 6.07) is 2.05. The first kappa shape index (κ1) is 14.6. The summed E-state index contributed by atoms with van der Waals surface area (Å²) in [6.45, 7) is 5.42. The Morgan fingerprint density at radius 3 is 2.29 bits per heavy atom. The largest absolute Gasteiger partial charge is 0.504 e. The van der Waals surface area contributed by atoms with Gasteiger partial charge in [0.25, 0.3) is 11.2 Å². The van der Waals surface area contributed by atoms with Crippen LogP contribution in [0.2, 0.25) is 0 Å². The molecule has 21 heavy (non-hydrogen) atoms. The van der Waals surface area contributed by atoms with Crippen LogP contribution in [0.3, 0.4) is 0 Å². The fourth-order valence-corrected chi connectivity index (χ4v) is 2.13. The minimum Gasteiger partial charge on any atom is -0.504 e. The van der Waals surface area contributed by atoms with Gasteiger partial charge in [-0.25, -0.2) is 0 Å². The smallest absolute Gasteiger partial charge is 0.281 e. The van der Waals surface area contributed by atoms with E-state index in [1.165, 1.54) is 0 Å². The van der Waals surface area contributed by atoms with E-state index in [4.69, 9.17) is 0 Å². The van der Waals surface area contributed by atoms with Gasteiger partial charge in [0, 0.05) is 11.5 Å². The molecule has 0 unspecified atom stereocenters. The summed E-state index contributed by atoms with van der Waals surface area (Å²) in [7, 11) is 0. The third-order valence-corrected chi connectivity index (χ3v) is 3.11. The van der Waals surface area contributed by atoms with Gasteiger partial charge in [0.1, 0.15) is 5.56 Å². The molecule has 0 saturated heterocycles. The number of nitro groups is 1. The molecule has 0 radical (unpaired) electrons. The van der Waals surface area contributed by atoms with Crippen LogP contribution in [0.15, 0.2) is 16.9 Å². The number of nitrogens with one attached hydrogen (secondary N) is 2. The molecule has 2 aromatic rings. The molecule has 2 rings (SSSR count). The van der Waals surface area contributed by atoms with Gasteiger partial charge in [0.05, 0.1) is 16.2 Å². The standard InChI is InChI=1S/C13H15N3O5/c1-13(2,3)11-9(12(19)15-14-11)8-6(16(20)21)4-5-7(17)10(8)18/h4-5,17-18H,1-3H3,(H2,14,15,19). The highest BCUT2D eigenvalue weighted by molar-refractivity contribution is 5.83. The van der Waals surface area contributed by atoms with Crippen molar-refractivity contribution in [3.8, 4) is 22.6 Å². The molecular formula is C13H15N3O5. The molecule has 0 aliphatic carbocycles. The summed E-state index contributed by atoms with van der Waals surface area (Å²) in [6.07, 6.45) is 0. The van der Waals surface area contributed by atoms with Crippen LogP contribution in [0.4, 0.5) is 5.69 Å². The topological polar surface area (TPSA) is 132 Å². The number of hydrogen-bond acceptors (Lipinski definition) is 5. The van der Waals surface area contributed by atoms with Gasteiger partial charge in [-0.3, -0.25) is 20.0 Å². The Hall–Kier alpha value is -2.77. The van der Waals surface area contributed by atoms with E-state index in [1.54, 1.807) is 20.8 Å². The van der Waals surface area contributed by atoms with Crippen LogP contribution in [0.1, 0.15) is 26.5 Å². The van der Waals surface area contributed by atoms with Crippen LogP contribution < -0.4 is 5.56 Å². The van der Waals surface area contributed by atoms with Gasteiger partial charge in [0.15, 0.2) is 11.5 Å². The van der Waals surface area contributed by atoms with E-state index in [0.717, 1.165) is 12.1 Å². The average Bonchev–Trinajstić information content (AvgIpc) is 2.73. The number of hydrogen-bond donors (Lipinski definition) is 4. The normalized spacial score (nSPS) is 11.6. The van der Waals surface area contributed by atoms with Crippen LogP contribution in [0, 0.1) is 10.1 Å². The highest BCUT2D eigenvalue weighted by atomic mass is 16.6. The van der Waals surface area contributed by atoms with Gasteiger partial charge in [-0.15, -0.1) is 0 Å². The molecule has 1 aromatic heterocycles. The number of aromatic hydroxyl groups is 2. The van der Waals surface area contributed by atoms with Crippen molar-refractivity contribution in [2.45, 2.75) is 26.2 Å². The van der Waals surface area contributed by atoms with Crippen molar-refractivity contribution in [2.24, 2.45) is 0 Å². The Bertz CT molecular complexity index is 767. The number of H-pyrrole nitrogens is 2. The number of rotatable bonds is 2. The summed E-state index contributed by atoms with van der Waals surface area (Å²) < 4.78 is 0. The molecule has 4 N–H and O–H groups in total. The maximum atomic E-state index is 12.0. The maximum absolute atomic E-state index is 12.0. The molecule has 0 aliphatic heterocycles. The quantitative estimate of drug-likeness (QED) is 0.382. The van der Waals surface area contributed by atoms with Crippen LogP contribution in [-0.4, -0.2) is 25.3 Å². The fourth-order valence-electron chi connectivity index (χ4n) is 2.13. The molecule has 1 aromatic carbocycles. The maximum Gasteiger partial charge on any atom is 0.281 e. The summed E-state index contributed by atoms with van der Waals surface area (Å²) in [5.74, 6) is -1.23. The first-order valence-corrected chi connectivity index (χ1v) is 6.15. The average molecular weight is 293 g/mol. The lowest BCUT2D eigenvalue weighted by molar-refractivity contribution is -0.384. The first-order valence-electron chi connectivity index (χ1n) is 6.15. The second kappa shape index (κ2) is 4.65. The van der Waals surface area contributed by atoms with E-state index in [9.17, 15) is 25.1 Å². The zero-order chi connectivity index (χ0) is 15.9. The van der Waals surface area contributed by atoms with Crippen molar-refractivity contribution in [2.75, 3.05) is 0 Å². The van der Waals surface area contributed by atoms with Crippen molar-refractivity contribution < 1.29 is 15.1 Å². The lowest BCUT2D eigenvalue weighted by Gasteiger charge is -2.18. The Balaban J connectivity index is 2.92. The van der Waals surface area contributed by atoms with Crippen LogP contribution in [0.25, 0.3) is 11.1 Å². The molecular weight excluding hydrogens is 278 g/mol. The predicted octanol–water partition coefficient (Wildman–Crippen LogP) is 1.99. The van der Waals surface area contributed by atoms with Crippen molar-refractivity contribution in [1.82, 2.24) is 10.2 Å². The number of aromatic nitrogens is 2. The number of nitro benzene ring substituents is 1. The Kier molecular flexibility index (Phi) is 3.24. The number of nitrogens with zero attached hydrogens (tertiary/aromatic N) is 1. The van der Waals surface area contributed by atoms with E-state index in [1.807, 2.05) is 0 Å².